The van der Waals surface area contributed by atoms with Gasteiger partial charge < -0.3 is 9.64 Å². The number of aromatic nitrogens is 3. The lowest BCUT2D eigenvalue weighted by Gasteiger charge is -2.45. The third-order valence-electron chi connectivity index (χ3n) is 7.98. The van der Waals surface area contributed by atoms with Gasteiger partial charge in [0.15, 0.2) is 0 Å². The van der Waals surface area contributed by atoms with E-state index in [0.717, 1.165) is 69.9 Å². The largest absolute Gasteiger partial charge is 0.492 e. The van der Waals surface area contributed by atoms with Crippen LogP contribution in [0.4, 0.5) is 0 Å². The highest BCUT2D eigenvalue weighted by Gasteiger charge is 2.37. The molecule has 5 rings (SSSR count). The van der Waals surface area contributed by atoms with E-state index in [-0.39, 0.29) is 11.3 Å². The number of hydrogen-bond donors (Lipinski definition) is 0. The van der Waals surface area contributed by atoms with Crippen LogP contribution in [0.1, 0.15) is 59.3 Å². The zero-order chi connectivity index (χ0) is 25.5. The summed E-state index contributed by atoms with van der Waals surface area (Å²) in [6.45, 7) is 6.79. The average molecular weight is 500 g/mol. The van der Waals surface area contributed by atoms with Crippen molar-refractivity contribution in [3.8, 4) is 5.75 Å². The number of rotatable bonds is 3. The molecule has 1 saturated heterocycles. The molecule has 0 radical (unpaired) electrons. The summed E-state index contributed by atoms with van der Waals surface area (Å²) in [5.74, 6) is 1.07. The van der Waals surface area contributed by atoms with E-state index in [9.17, 15) is 4.79 Å². The zero-order valence-electron chi connectivity index (χ0n) is 21.8. The predicted molar refractivity (Wildman–Crippen MR) is 143 cm³/mol. The number of carbonyl (C=O) groups excluding carboxylic acids is 1. The second-order valence-corrected chi connectivity index (χ2v) is 10.5. The van der Waals surface area contributed by atoms with Crippen molar-refractivity contribution in [1.82, 2.24) is 24.8 Å². The van der Waals surface area contributed by atoms with Gasteiger partial charge in [-0.15, -0.1) is 0 Å². The van der Waals surface area contributed by atoms with E-state index in [2.05, 4.69) is 50.2 Å². The SMILES string of the molecule is Cc1ncncc1C(=O)N1CCC2(CCCCc3ccccc3OCCN(Cc3cccnc3)C2)CC1. The van der Waals surface area contributed by atoms with Gasteiger partial charge in [0.1, 0.15) is 18.7 Å². The van der Waals surface area contributed by atoms with Gasteiger partial charge in [0.25, 0.3) is 5.91 Å². The van der Waals surface area contributed by atoms with Gasteiger partial charge in [-0.25, -0.2) is 9.97 Å². The molecule has 2 aromatic heterocycles. The van der Waals surface area contributed by atoms with Gasteiger partial charge in [0, 0.05) is 51.3 Å². The van der Waals surface area contributed by atoms with Crippen LogP contribution in [0.2, 0.25) is 0 Å². The number of amides is 1. The van der Waals surface area contributed by atoms with Gasteiger partial charge in [-0.05, 0) is 67.7 Å². The highest BCUT2D eigenvalue weighted by molar-refractivity contribution is 5.94. The van der Waals surface area contributed by atoms with Crippen LogP contribution in [0.5, 0.6) is 5.75 Å². The first-order chi connectivity index (χ1) is 18.1. The van der Waals surface area contributed by atoms with Crippen LogP contribution in [-0.2, 0) is 13.0 Å². The van der Waals surface area contributed by atoms with Crippen molar-refractivity contribution in [2.24, 2.45) is 5.41 Å². The summed E-state index contributed by atoms with van der Waals surface area (Å²) in [6.07, 6.45) is 13.5. The molecule has 0 atom stereocenters. The summed E-state index contributed by atoms with van der Waals surface area (Å²) < 4.78 is 6.29. The van der Waals surface area contributed by atoms with Gasteiger partial charge >= 0.3 is 0 Å². The van der Waals surface area contributed by atoms with E-state index < -0.39 is 0 Å². The highest BCUT2D eigenvalue weighted by Crippen LogP contribution is 2.39. The summed E-state index contributed by atoms with van der Waals surface area (Å²) in [4.78, 5) is 30.4. The highest BCUT2D eigenvalue weighted by atomic mass is 16.5. The Morgan fingerprint density at radius 3 is 2.68 bits per heavy atom. The van der Waals surface area contributed by atoms with E-state index >= 15 is 0 Å². The molecule has 1 amide bonds. The first-order valence-corrected chi connectivity index (χ1v) is 13.5. The molecule has 7 nitrogen and oxygen atoms in total. The van der Waals surface area contributed by atoms with Gasteiger partial charge in [-0.2, -0.15) is 0 Å². The lowest BCUT2D eigenvalue weighted by Crippen LogP contribution is -2.48. The van der Waals surface area contributed by atoms with Gasteiger partial charge in [-0.1, -0.05) is 30.7 Å². The monoisotopic (exact) mass is 499 g/mol. The van der Waals surface area contributed by atoms with Crippen LogP contribution in [0.25, 0.3) is 0 Å². The summed E-state index contributed by atoms with van der Waals surface area (Å²) in [5.41, 5.74) is 4.06. The average Bonchev–Trinajstić information content (AvgIpc) is 2.92. The Hall–Kier alpha value is -3.32. The standard InChI is InChI=1S/C30H37N5O2/c1-24-27(20-32-23-33-24)29(36)35-15-12-30(13-16-35)11-5-4-9-26-8-2-3-10-28(26)37-18-17-34(22-30)21-25-7-6-14-31-19-25/h2-3,6-8,10,14,19-20,23H,4-5,9,11-13,15-18,21-22H2,1H3. The number of hydrogen-bond acceptors (Lipinski definition) is 6. The lowest BCUT2D eigenvalue weighted by molar-refractivity contribution is 0.0360. The number of ether oxygens (including phenoxy) is 1. The fourth-order valence-electron chi connectivity index (χ4n) is 5.83. The molecule has 2 aliphatic rings. The molecule has 7 heteroatoms. The molecule has 4 heterocycles. The number of benzene rings is 1. The molecule has 0 saturated carbocycles. The molecular weight excluding hydrogens is 462 g/mol. The zero-order valence-corrected chi connectivity index (χ0v) is 21.8. The second-order valence-electron chi connectivity index (χ2n) is 10.5. The fraction of sp³-hybridized carbons (Fsp3) is 0.467. The minimum absolute atomic E-state index is 0.0540. The van der Waals surface area contributed by atoms with Gasteiger partial charge in [0.05, 0.1) is 11.3 Å². The Bertz CT molecular complexity index is 1180. The van der Waals surface area contributed by atoms with Crippen LogP contribution in [0.3, 0.4) is 0 Å². The van der Waals surface area contributed by atoms with Gasteiger partial charge in [0.2, 0.25) is 0 Å². The van der Waals surface area contributed by atoms with Crippen molar-refractivity contribution in [2.45, 2.75) is 52.0 Å². The predicted octanol–water partition coefficient (Wildman–Crippen LogP) is 4.71. The molecule has 0 bridgehead atoms. The van der Waals surface area contributed by atoms with E-state index in [0.29, 0.717) is 12.2 Å². The Balaban J connectivity index is 1.33. The first kappa shape index (κ1) is 25.3. The number of piperidine rings is 1. The molecule has 0 unspecified atom stereocenters. The molecule has 2 aliphatic heterocycles. The normalized spacial score (nSPS) is 18.8. The first-order valence-electron chi connectivity index (χ1n) is 13.5. The minimum atomic E-state index is 0.0540. The fourth-order valence-corrected chi connectivity index (χ4v) is 5.83. The number of para-hydroxylation sites is 1. The van der Waals surface area contributed by atoms with E-state index in [4.69, 9.17) is 4.74 Å². The van der Waals surface area contributed by atoms with Crippen molar-refractivity contribution >= 4 is 5.91 Å². The number of aryl methyl sites for hydroxylation is 2. The Morgan fingerprint density at radius 2 is 1.86 bits per heavy atom. The van der Waals surface area contributed by atoms with Gasteiger partial charge in [-0.3, -0.25) is 14.7 Å². The molecule has 194 valence electrons. The molecule has 1 fully saturated rings. The number of pyridine rings is 1. The number of nitrogens with zero attached hydrogens (tertiary/aromatic N) is 5. The smallest absolute Gasteiger partial charge is 0.257 e. The van der Waals surface area contributed by atoms with Crippen molar-refractivity contribution in [3.05, 3.63) is 83.7 Å². The van der Waals surface area contributed by atoms with Crippen LogP contribution in [-0.4, -0.2) is 63.4 Å². The Morgan fingerprint density at radius 1 is 1.00 bits per heavy atom. The van der Waals surface area contributed by atoms with Crippen molar-refractivity contribution in [2.75, 3.05) is 32.8 Å². The molecule has 1 aromatic carbocycles. The third kappa shape index (κ3) is 6.34. The molecular formula is C30H37N5O2. The van der Waals surface area contributed by atoms with Crippen LogP contribution in [0, 0.1) is 12.3 Å². The Kier molecular flexibility index (Phi) is 8.09. The maximum absolute atomic E-state index is 13.2. The minimum Gasteiger partial charge on any atom is -0.492 e. The number of fused-ring (bicyclic) bond motifs is 1. The molecule has 0 aliphatic carbocycles. The second kappa shape index (κ2) is 11.8. The molecule has 1 spiro atoms. The van der Waals surface area contributed by atoms with E-state index in [1.54, 1.807) is 6.20 Å². The topological polar surface area (TPSA) is 71.5 Å². The lowest BCUT2D eigenvalue weighted by atomic mass is 9.73. The molecule has 3 aromatic rings. The Labute approximate surface area is 219 Å². The molecule has 37 heavy (non-hydrogen) atoms. The van der Waals surface area contributed by atoms with Crippen molar-refractivity contribution in [3.63, 3.8) is 0 Å². The summed E-state index contributed by atoms with van der Waals surface area (Å²) >= 11 is 0. The van der Waals surface area contributed by atoms with Crippen LogP contribution >= 0.6 is 0 Å². The quantitative estimate of drug-likeness (QED) is 0.520. The number of carbonyl (C=O) groups is 1. The van der Waals surface area contributed by atoms with Crippen molar-refractivity contribution < 1.29 is 9.53 Å². The summed E-state index contributed by atoms with van der Waals surface area (Å²) in [6, 6.07) is 12.6. The van der Waals surface area contributed by atoms with Crippen molar-refractivity contribution in [1.29, 1.82) is 0 Å². The van der Waals surface area contributed by atoms with Crippen LogP contribution < -0.4 is 4.74 Å². The van der Waals surface area contributed by atoms with Crippen LogP contribution in [0.15, 0.2) is 61.3 Å². The molecule has 0 N–H and O–H groups in total. The summed E-state index contributed by atoms with van der Waals surface area (Å²) in [5, 5.41) is 0. The number of likely N-dealkylation sites (tertiary alicyclic amines) is 1. The maximum Gasteiger partial charge on any atom is 0.257 e. The third-order valence-corrected chi connectivity index (χ3v) is 7.98. The van der Waals surface area contributed by atoms with E-state index in [1.165, 1.54) is 30.3 Å². The maximum atomic E-state index is 13.2. The van der Waals surface area contributed by atoms with E-state index in [1.807, 2.05) is 30.3 Å². The summed E-state index contributed by atoms with van der Waals surface area (Å²) in [7, 11) is 0.